The maximum Gasteiger partial charge on any atom is 0.348 e. The molecule has 3 nitrogen and oxygen atoms in total. The van der Waals surface area contributed by atoms with Crippen LogP contribution in [0.5, 0.6) is 0 Å². The largest absolute Gasteiger partial charge is 0.462 e. The van der Waals surface area contributed by atoms with Crippen molar-refractivity contribution in [2.45, 2.75) is 84.4 Å². The zero-order valence-corrected chi connectivity index (χ0v) is 19.5. The molecule has 0 unspecified atom stereocenters. The Morgan fingerprint density at radius 2 is 1.70 bits per heavy atom. The molecule has 0 fully saturated rings. The number of Topliss-reactive ketones (excluding diaryl/α,β-unsaturated/α-hetero) is 1. The maximum absolute atomic E-state index is 12.6. The Morgan fingerprint density at radius 3 is 2.22 bits per heavy atom. The average molecular weight is 405 g/mol. The second-order valence-electron chi connectivity index (χ2n) is 8.26. The second kappa shape index (κ2) is 8.75. The SMILES string of the molecule is CCOC(=O)c1sc(C#C[Si](C(C)C)(C(C)C)C(C)C)c2c1CCCC2=O. The van der Waals surface area contributed by atoms with Crippen LogP contribution in [0.1, 0.15) is 91.8 Å². The number of thiophene rings is 1. The zero-order valence-electron chi connectivity index (χ0n) is 17.7. The van der Waals surface area contributed by atoms with E-state index in [0.717, 1.165) is 23.3 Å². The standard InChI is InChI=1S/C22H32O3SSi/c1-8-25-22(24)21-17-10-9-11-18(23)20(17)19(26-21)12-13-27(14(2)3,15(4)5)16(6)7/h14-16H,8-11H2,1-7H3. The molecule has 0 aromatic carbocycles. The summed E-state index contributed by atoms with van der Waals surface area (Å²) in [5, 5.41) is 0. The van der Waals surface area contributed by atoms with E-state index < -0.39 is 8.07 Å². The molecule has 1 aromatic heterocycles. The van der Waals surface area contributed by atoms with Crippen molar-refractivity contribution in [3.05, 3.63) is 20.9 Å². The number of fused-ring (bicyclic) bond motifs is 1. The van der Waals surface area contributed by atoms with E-state index in [9.17, 15) is 9.59 Å². The molecule has 0 aliphatic heterocycles. The van der Waals surface area contributed by atoms with Crippen LogP contribution in [0, 0.1) is 11.5 Å². The summed E-state index contributed by atoms with van der Waals surface area (Å²) in [6.07, 6.45) is 2.10. The fourth-order valence-corrected chi connectivity index (χ4v) is 11.0. The second-order valence-corrected chi connectivity index (χ2v) is 14.9. The maximum atomic E-state index is 12.6. The highest BCUT2D eigenvalue weighted by Gasteiger charge is 2.42. The Bertz CT molecular complexity index is 756. The van der Waals surface area contributed by atoms with Crippen molar-refractivity contribution in [2.24, 2.45) is 0 Å². The highest BCUT2D eigenvalue weighted by molar-refractivity contribution is 7.15. The first kappa shape index (κ1) is 21.9. The van der Waals surface area contributed by atoms with Gasteiger partial charge in [-0.15, -0.1) is 16.9 Å². The summed E-state index contributed by atoms with van der Waals surface area (Å²) < 4.78 is 5.22. The molecular formula is C22H32O3SSi. The molecular weight excluding hydrogens is 372 g/mol. The lowest BCUT2D eigenvalue weighted by Crippen LogP contribution is -2.43. The van der Waals surface area contributed by atoms with Gasteiger partial charge < -0.3 is 4.74 Å². The zero-order chi connectivity index (χ0) is 20.4. The third-order valence-electron chi connectivity index (χ3n) is 5.84. The number of ketones is 1. The van der Waals surface area contributed by atoms with Gasteiger partial charge in [0.15, 0.2) is 5.78 Å². The summed E-state index contributed by atoms with van der Waals surface area (Å²) in [5.41, 5.74) is 6.84. The van der Waals surface area contributed by atoms with Crippen LogP contribution in [0.15, 0.2) is 0 Å². The van der Waals surface area contributed by atoms with Crippen molar-refractivity contribution in [1.82, 2.24) is 0 Å². The van der Waals surface area contributed by atoms with Crippen molar-refractivity contribution in [2.75, 3.05) is 6.61 Å². The van der Waals surface area contributed by atoms with Crippen LogP contribution in [0.2, 0.25) is 16.6 Å². The molecule has 0 amide bonds. The molecule has 0 spiro atoms. The van der Waals surface area contributed by atoms with Gasteiger partial charge in [0.1, 0.15) is 13.0 Å². The van der Waals surface area contributed by atoms with Gasteiger partial charge in [0.05, 0.1) is 11.5 Å². The van der Waals surface area contributed by atoms with Gasteiger partial charge >= 0.3 is 5.97 Å². The molecule has 0 saturated carbocycles. The number of rotatable bonds is 5. The van der Waals surface area contributed by atoms with Crippen LogP contribution in [-0.2, 0) is 11.2 Å². The molecule has 1 aliphatic rings. The fourth-order valence-electron chi connectivity index (χ4n) is 4.60. The van der Waals surface area contributed by atoms with E-state index in [-0.39, 0.29) is 11.8 Å². The number of hydrogen-bond donors (Lipinski definition) is 0. The van der Waals surface area contributed by atoms with E-state index in [0.29, 0.717) is 40.1 Å². The predicted molar refractivity (Wildman–Crippen MR) is 115 cm³/mol. The quantitative estimate of drug-likeness (QED) is 0.343. The molecule has 148 valence electrons. The van der Waals surface area contributed by atoms with Crippen LogP contribution >= 0.6 is 11.3 Å². The van der Waals surface area contributed by atoms with E-state index in [1.165, 1.54) is 11.3 Å². The van der Waals surface area contributed by atoms with Gasteiger partial charge in [0.2, 0.25) is 0 Å². The van der Waals surface area contributed by atoms with Crippen molar-refractivity contribution < 1.29 is 14.3 Å². The van der Waals surface area contributed by atoms with Gasteiger partial charge in [0, 0.05) is 12.0 Å². The van der Waals surface area contributed by atoms with Crippen LogP contribution in [0.25, 0.3) is 0 Å². The summed E-state index contributed by atoms with van der Waals surface area (Å²) in [5.74, 6) is 3.21. The summed E-state index contributed by atoms with van der Waals surface area (Å²) in [6.45, 7) is 15.8. The normalized spacial score (nSPS) is 14.4. The minimum absolute atomic E-state index is 0.123. The van der Waals surface area contributed by atoms with Crippen molar-refractivity contribution in [1.29, 1.82) is 0 Å². The molecule has 0 atom stereocenters. The van der Waals surface area contributed by atoms with E-state index in [1.807, 2.05) is 0 Å². The summed E-state index contributed by atoms with van der Waals surface area (Å²) in [7, 11) is -1.89. The van der Waals surface area contributed by atoms with Gasteiger partial charge in [-0.05, 0) is 42.0 Å². The van der Waals surface area contributed by atoms with E-state index >= 15 is 0 Å². The third kappa shape index (κ3) is 4.07. The molecule has 27 heavy (non-hydrogen) atoms. The van der Waals surface area contributed by atoms with Gasteiger partial charge in [-0.3, -0.25) is 4.79 Å². The number of carbonyl (C=O) groups excluding carboxylic acids is 2. The third-order valence-corrected chi connectivity index (χ3v) is 13.3. The highest BCUT2D eigenvalue weighted by atomic mass is 32.1. The number of hydrogen-bond acceptors (Lipinski definition) is 4. The lowest BCUT2D eigenvalue weighted by atomic mass is 9.91. The first-order valence-corrected chi connectivity index (χ1v) is 13.1. The van der Waals surface area contributed by atoms with Crippen molar-refractivity contribution in [3.63, 3.8) is 0 Å². The summed E-state index contributed by atoms with van der Waals surface area (Å²) >= 11 is 1.36. The van der Waals surface area contributed by atoms with Gasteiger partial charge in [-0.25, -0.2) is 4.79 Å². The molecule has 0 saturated heterocycles. The Balaban J connectivity index is 2.62. The minimum Gasteiger partial charge on any atom is -0.462 e. The molecule has 0 bridgehead atoms. The number of carbonyl (C=O) groups is 2. The number of ether oxygens (including phenoxy) is 1. The molecule has 5 heteroatoms. The first-order valence-electron chi connectivity index (χ1n) is 10.1. The smallest absolute Gasteiger partial charge is 0.348 e. The minimum atomic E-state index is -1.89. The summed E-state index contributed by atoms with van der Waals surface area (Å²) in [6, 6.07) is 0. The lowest BCUT2D eigenvalue weighted by Gasteiger charge is -2.38. The monoisotopic (exact) mass is 404 g/mol. The average Bonchev–Trinajstić information content (AvgIpc) is 2.95. The predicted octanol–water partition coefficient (Wildman–Crippen LogP) is 6.01. The van der Waals surface area contributed by atoms with Gasteiger partial charge in [-0.1, -0.05) is 47.5 Å². The Morgan fingerprint density at radius 1 is 1.11 bits per heavy atom. The van der Waals surface area contributed by atoms with E-state index in [1.54, 1.807) is 6.92 Å². The van der Waals surface area contributed by atoms with Crippen LogP contribution in [-0.4, -0.2) is 26.4 Å². The van der Waals surface area contributed by atoms with Crippen LogP contribution in [0.3, 0.4) is 0 Å². The number of esters is 1. The Kier molecular flexibility index (Phi) is 7.10. The van der Waals surface area contributed by atoms with Crippen molar-refractivity contribution in [3.8, 4) is 11.5 Å². The first-order chi connectivity index (χ1) is 12.7. The fraction of sp³-hybridized carbons (Fsp3) is 0.636. The topological polar surface area (TPSA) is 43.4 Å². The van der Waals surface area contributed by atoms with Crippen LogP contribution < -0.4 is 0 Å². The van der Waals surface area contributed by atoms with E-state index in [2.05, 4.69) is 53.0 Å². The van der Waals surface area contributed by atoms with Gasteiger partial charge in [-0.2, -0.15) is 0 Å². The summed E-state index contributed by atoms with van der Waals surface area (Å²) in [4.78, 5) is 26.4. The molecule has 1 heterocycles. The Hall–Kier alpha value is -1.38. The lowest BCUT2D eigenvalue weighted by molar-refractivity contribution is 0.0531. The van der Waals surface area contributed by atoms with Gasteiger partial charge in [0.25, 0.3) is 0 Å². The van der Waals surface area contributed by atoms with Crippen molar-refractivity contribution >= 4 is 31.2 Å². The Labute approximate surface area is 168 Å². The molecule has 1 aliphatic carbocycles. The van der Waals surface area contributed by atoms with E-state index in [4.69, 9.17) is 4.74 Å². The molecule has 1 aromatic rings. The molecule has 2 rings (SSSR count). The van der Waals surface area contributed by atoms with Crippen LogP contribution in [0.4, 0.5) is 0 Å². The highest BCUT2D eigenvalue weighted by Crippen LogP contribution is 2.41. The molecule has 0 N–H and O–H groups in total. The molecule has 0 radical (unpaired) electrons.